The van der Waals surface area contributed by atoms with Crippen LogP contribution in [0.5, 0.6) is 0 Å². The number of hydrogen-bond donors (Lipinski definition) is 1. The van der Waals surface area contributed by atoms with Crippen molar-refractivity contribution in [1.29, 1.82) is 0 Å². The largest absolute Gasteiger partial charge is 0.464 e. The summed E-state index contributed by atoms with van der Waals surface area (Å²) in [4.78, 5) is 33.4. The molecule has 3 aromatic rings. The van der Waals surface area contributed by atoms with Gasteiger partial charge in [-0.25, -0.2) is 19.2 Å². The number of nitro benzene ring substituents is 1. The van der Waals surface area contributed by atoms with Gasteiger partial charge in [-0.2, -0.15) is 0 Å². The maximum Gasteiger partial charge on any atom is 0.357 e. The Morgan fingerprint density at radius 2 is 2.00 bits per heavy atom. The normalized spacial score (nSPS) is 10.5. The number of halogens is 2. The first-order valence-electron chi connectivity index (χ1n) is 9.94. The first-order chi connectivity index (χ1) is 16.2. The van der Waals surface area contributed by atoms with Gasteiger partial charge in [0.2, 0.25) is 0 Å². The molecule has 0 radical (unpaired) electrons. The Morgan fingerprint density at radius 3 is 2.62 bits per heavy atom. The maximum atomic E-state index is 15.4. The van der Waals surface area contributed by atoms with Gasteiger partial charge < -0.3 is 15.0 Å². The summed E-state index contributed by atoms with van der Waals surface area (Å²) >= 11 is 6.15. The van der Waals surface area contributed by atoms with Crippen molar-refractivity contribution in [3.8, 4) is 11.4 Å². The van der Waals surface area contributed by atoms with Crippen molar-refractivity contribution in [2.45, 2.75) is 6.54 Å². The van der Waals surface area contributed by atoms with Gasteiger partial charge in [0.05, 0.1) is 28.3 Å². The first kappa shape index (κ1) is 24.6. The molecule has 0 aliphatic carbocycles. The fourth-order valence-electron chi connectivity index (χ4n) is 3.31. The molecule has 0 saturated carbocycles. The molecule has 3 rings (SSSR count). The highest BCUT2D eigenvalue weighted by molar-refractivity contribution is 6.33. The van der Waals surface area contributed by atoms with Crippen LogP contribution in [0.2, 0.25) is 5.02 Å². The zero-order valence-corrected chi connectivity index (χ0v) is 19.4. The molecule has 11 heteroatoms. The van der Waals surface area contributed by atoms with Crippen LogP contribution in [0.3, 0.4) is 0 Å². The number of nitro groups is 1. The number of benzene rings is 2. The third kappa shape index (κ3) is 4.81. The first-order valence-corrected chi connectivity index (χ1v) is 10.3. The van der Waals surface area contributed by atoms with E-state index in [2.05, 4.69) is 21.9 Å². The number of rotatable bonds is 8. The Hall–Kier alpha value is -4.05. The van der Waals surface area contributed by atoms with Crippen LogP contribution < -0.4 is 10.2 Å². The Kier molecular flexibility index (Phi) is 7.42. The van der Waals surface area contributed by atoms with Gasteiger partial charge in [0.25, 0.3) is 5.69 Å². The van der Waals surface area contributed by atoms with Gasteiger partial charge in [0.1, 0.15) is 5.82 Å². The Morgan fingerprint density at radius 1 is 1.29 bits per heavy atom. The van der Waals surface area contributed by atoms with Gasteiger partial charge in [-0.05, 0) is 12.1 Å². The summed E-state index contributed by atoms with van der Waals surface area (Å²) < 4.78 is 20.2. The third-order valence-electron chi connectivity index (χ3n) is 4.92. The molecule has 0 atom stereocenters. The standard InChI is InChI=1S/C23H21ClFN5O4/c1-5-14-19(23(31)34-4)27-22(15-10-11-16(24)20(18(15)25)29(2)3)28-21(14)26-12-13-8-6-7-9-17(13)30(32)33/h5-11H,1,12H2,2-4H3,(H,26,27,28). The lowest BCUT2D eigenvalue weighted by molar-refractivity contribution is -0.385. The minimum absolute atomic E-state index is 0.00110. The number of carbonyl (C=O) groups is 1. The van der Waals surface area contributed by atoms with Crippen molar-refractivity contribution in [3.05, 3.63) is 80.8 Å². The van der Waals surface area contributed by atoms with Crippen molar-refractivity contribution >= 4 is 40.8 Å². The zero-order valence-electron chi connectivity index (χ0n) is 18.6. The van der Waals surface area contributed by atoms with Crippen LogP contribution >= 0.6 is 11.6 Å². The molecule has 0 amide bonds. The molecule has 0 saturated heterocycles. The second-order valence-corrected chi connectivity index (χ2v) is 7.65. The summed E-state index contributed by atoms with van der Waals surface area (Å²) in [7, 11) is 4.45. The summed E-state index contributed by atoms with van der Waals surface area (Å²) in [6, 6.07) is 9.09. The Bertz CT molecular complexity index is 1280. The molecule has 0 bridgehead atoms. The molecule has 34 heavy (non-hydrogen) atoms. The molecule has 0 fully saturated rings. The van der Waals surface area contributed by atoms with Gasteiger partial charge in [-0.1, -0.05) is 42.5 Å². The van der Waals surface area contributed by atoms with E-state index in [1.807, 2.05) is 0 Å². The number of nitrogens with one attached hydrogen (secondary N) is 1. The number of esters is 1. The zero-order chi connectivity index (χ0) is 25.0. The lowest BCUT2D eigenvalue weighted by Gasteiger charge is -2.18. The van der Waals surface area contributed by atoms with Gasteiger partial charge in [0.15, 0.2) is 17.3 Å². The number of nitrogens with zero attached hydrogens (tertiary/aromatic N) is 4. The quantitative estimate of drug-likeness (QED) is 0.271. The number of aromatic nitrogens is 2. The second-order valence-electron chi connectivity index (χ2n) is 7.25. The molecule has 176 valence electrons. The summed E-state index contributed by atoms with van der Waals surface area (Å²) in [6.07, 6.45) is 1.35. The molecule has 0 aliphatic heterocycles. The minimum atomic E-state index is -0.783. The lowest BCUT2D eigenvalue weighted by atomic mass is 10.1. The second kappa shape index (κ2) is 10.3. The van der Waals surface area contributed by atoms with Crippen LogP contribution in [0.25, 0.3) is 17.5 Å². The van der Waals surface area contributed by atoms with E-state index >= 15 is 4.39 Å². The van der Waals surface area contributed by atoms with E-state index in [1.165, 1.54) is 36.3 Å². The lowest BCUT2D eigenvalue weighted by Crippen LogP contribution is -2.15. The predicted molar refractivity (Wildman–Crippen MR) is 129 cm³/mol. The van der Waals surface area contributed by atoms with E-state index in [4.69, 9.17) is 16.3 Å². The van der Waals surface area contributed by atoms with Crippen LogP contribution in [-0.2, 0) is 11.3 Å². The predicted octanol–water partition coefficient (Wildman–Crippen LogP) is 4.95. The smallest absolute Gasteiger partial charge is 0.357 e. The molecule has 2 aromatic carbocycles. The molecule has 9 nitrogen and oxygen atoms in total. The molecular weight excluding hydrogens is 465 g/mol. The molecule has 1 aromatic heterocycles. The van der Waals surface area contributed by atoms with E-state index in [-0.39, 0.29) is 51.4 Å². The number of para-hydroxylation sites is 1. The van der Waals surface area contributed by atoms with Crippen LogP contribution in [0.1, 0.15) is 21.6 Å². The van der Waals surface area contributed by atoms with Crippen LogP contribution in [-0.4, -0.2) is 42.1 Å². The Balaban J connectivity index is 2.17. The van der Waals surface area contributed by atoms with Gasteiger partial charge in [-0.15, -0.1) is 0 Å². The molecule has 1 heterocycles. The van der Waals surface area contributed by atoms with E-state index < -0.39 is 16.7 Å². The number of ether oxygens (including phenoxy) is 1. The average Bonchev–Trinajstić information content (AvgIpc) is 2.81. The van der Waals surface area contributed by atoms with Crippen molar-refractivity contribution < 1.29 is 18.8 Å². The number of hydrogen-bond acceptors (Lipinski definition) is 8. The molecule has 0 unspecified atom stereocenters. The number of methoxy groups -OCH3 is 1. The van der Waals surface area contributed by atoms with E-state index in [1.54, 1.807) is 32.3 Å². The summed E-state index contributed by atoms with van der Waals surface area (Å²) in [5.41, 5.74) is 0.490. The van der Waals surface area contributed by atoms with Crippen LogP contribution in [0, 0.1) is 15.9 Å². The molecule has 1 N–H and O–H groups in total. The highest BCUT2D eigenvalue weighted by Gasteiger charge is 2.24. The van der Waals surface area contributed by atoms with Crippen LogP contribution in [0.15, 0.2) is 43.0 Å². The summed E-state index contributed by atoms with van der Waals surface area (Å²) in [6.45, 7) is 3.71. The highest BCUT2D eigenvalue weighted by Crippen LogP contribution is 2.35. The van der Waals surface area contributed by atoms with Crippen molar-refractivity contribution in [2.75, 3.05) is 31.4 Å². The van der Waals surface area contributed by atoms with Gasteiger partial charge in [-0.3, -0.25) is 10.1 Å². The molecule has 0 spiro atoms. The van der Waals surface area contributed by atoms with Gasteiger partial charge >= 0.3 is 5.97 Å². The minimum Gasteiger partial charge on any atom is -0.464 e. The fourth-order valence-corrected chi connectivity index (χ4v) is 3.63. The highest BCUT2D eigenvalue weighted by atomic mass is 35.5. The van der Waals surface area contributed by atoms with Crippen molar-refractivity contribution in [3.63, 3.8) is 0 Å². The van der Waals surface area contributed by atoms with Crippen LogP contribution in [0.4, 0.5) is 21.6 Å². The maximum absolute atomic E-state index is 15.4. The molecule has 0 aliphatic rings. The topological polar surface area (TPSA) is 110 Å². The van der Waals surface area contributed by atoms with Crippen molar-refractivity contribution in [1.82, 2.24) is 9.97 Å². The molecular formula is C23H21ClFN5O4. The number of anilines is 2. The number of carbonyl (C=O) groups excluding carboxylic acids is 1. The fraction of sp³-hybridized carbons (Fsp3) is 0.174. The summed E-state index contributed by atoms with van der Waals surface area (Å²) in [5, 5.41) is 14.5. The SMILES string of the molecule is C=Cc1c(NCc2ccccc2[N+](=O)[O-])nc(-c2ccc(Cl)c(N(C)C)c2F)nc1C(=O)OC. The third-order valence-corrected chi connectivity index (χ3v) is 5.22. The monoisotopic (exact) mass is 485 g/mol. The summed E-state index contributed by atoms with van der Waals surface area (Å²) in [5.74, 6) is -1.44. The Labute approximate surface area is 200 Å². The van der Waals surface area contributed by atoms with E-state index in [9.17, 15) is 14.9 Å². The van der Waals surface area contributed by atoms with E-state index in [0.29, 0.717) is 5.56 Å². The van der Waals surface area contributed by atoms with E-state index in [0.717, 1.165) is 0 Å². The van der Waals surface area contributed by atoms with Gasteiger partial charge in [0, 0.05) is 37.8 Å². The average molecular weight is 486 g/mol. The van der Waals surface area contributed by atoms with Crippen molar-refractivity contribution in [2.24, 2.45) is 0 Å².